The minimum absolute atomic E-state index is 0.0141. The van der Waals surface area contributed by atoms with Crippen LogP contribution in [-0.2, 0) is 0 Å². The second-order valence-electron chi connectivity index (χ2n) is 2.04. The van der Waals surface area contributed by atoms with Gasteiger partial charge in [-0.2, -0.15) is 13.2 Å². The minimum atomic E-state index is -4.39. The molecule has 0 radical (unpaired) electrons. The van der Waals surface area contributed by atoms with Gasteiger partial charge in [0.15, 0.2) is 0 Å². The summed E-state index contributed by atoms with van der Waals surface area (Å²) in [6.07, 6.45) is -0.893. The molecule has 62 valence electrons. The Morgan fingerprint density at radius 3 is 1.70 bits per heavy atom. The van der Waals surface area contributed by atoms with Crippen molar-refractivity contribution in [2.24, 2.45) is 0 Å². The Labute approximate surface area is 56.3 Å². The average Bonchev–Trinajstić information content (AvgIpc) is 1.61. The van der Waals surface area contributed by atoms with Gasteiger partial charge in [-0.05, 0) is 0 Å². The molecule has 0 aliphatic heterocycles. The van der Waals surface area contributed by atoms with E-state index in [2.05, 4.69) is 0 Å². The van der Waals surface area contributed by atoms with Crippen molar-refractivity contribution >= 4 is 0 Å². The van der Waals surface area contributed by atoms with Gasteiger partial charge in [0.2, 0.25) is 0 Å². The van der Waals surface area contributed by atoms with Crippen LogP contribution in [-0.4, -0.2) is 22.2 Å². The highest BCUT2D eigenvalue weighted by Crippen LogP contribution is 2.31. The highest BCUT2D eigenvalue weighted by Gasteiger charge is 2.51. The molecular weight excluding hydrogens is 149 g/mol. The lowest BCUT2D eigenvalue weighted by atomic mass is 10.2. The van der Waals surface area contributed by atoms with Crippen LogP contribution in [0.1, 0.15) is 19.8 Å². The van der Waals surface area contributed by atoms with Crippen molar-refractivity contribution in [3.05, 3.63) is 0 Å². The van der Waals surface area contributed by atoms with Crippen LogP contribution in [0.2, 0.25) is 0 Å². The van der Waals surface area contributed by atoms with E-state index < -0.39 is 18.4 Å². The van der Waals surface area contributed by atoms with Gasteiger partial charge in [0.05, 0.1) is 0 Å². The molecule has 5 heteroatoms. The molecule has 0 rings (SSSR count). The lowest BCUT2D eigenvalue weighted by Gasteiger charge is -2.22. The Morgan fingerprint density at radius 1 is 1.20 bits per heavy atom. The van der Waals surface area contributed by atoms with Crippen LogP contribution in [0.15, 0.2) is 0 Å². The summed E-state index contributed by atoms with van der Waals surface area (Å²) in [6, 6.07) is -4.39. The Morgan fingerprint density at radius 2 is 1.60 bits per heavy atom. The third-order valence-electron chi connectivity index (χ3n) is 1.03. The topological polar surface area (TPSA) is 40.5 Å². The molecule has 0 aliphatic carbocycles. The van der Waals surface area contributed by atoms with E-state index in [1.54, 1.807) is 0 Å². The SMILES string of the molecule is CCCC(F)(F)C(O)(O)F. The van der Waals surface area contributed by atoms with Crippen molar-refractivity contribution in [3.63, 3.8) is 0 Å². The molecule has 2 N–H and O–H groups in total. The normalized spacial score (nSPS) is 13.8. The van der Waals surface area contributed by atoms with Gasteiger partial charge in [-0.25, -0.2) is 0 Å². The summed E-state index contributed by atoms with van der Waals surface area (Å²) in [7, 11) is 0. The third kappa shape index (κ3) is 2.15. The summed E-state index contributed by atoms with van der Waals surface area (Å²) in [5, 5.41) is 15.6. The van der Waals surface area contributed by atoms with E-state index in [9.17, 15) is 13.2 Å². The second-order valence-corrected chi connectivity index (χ2v) is 2.04. The predicted molar refractivity (Wildman–Crippen MR) is 28.1 cm³/mol. The summed E-state index contributed by atoms with van der Waals surface area (Å²) in [4.78, 5) is 0. The summed E-state index contributed by atoms with van der Waals surface area (Å²) in [5.41, 5.74) is 0. The van der Waals surface area contributed by atoms with E-state index in [4.69, 9.17) is 10.2 Å². The van der Waals surface area contributed by atoms with Crippen molar-refractivity contribution in [1.82, 2.24) is 0 Å². The summed E-state index contributed by atoms with van der Waals surface area (Å²) in [5.74, 6) is -4.07. The Bertz CT molecular complexity index is 108. The van der Waals surface area contributed by atoms with Gasteiger partial charge in [-0.15, -0.1) is 0 Å². The van der Waals surface area contributed by atoms with Crippen molar-refractivity contribution in [2.75, 3.05) is 0 Å². The Balaban J connectivity index is 4.10. The van der Waals surface area contributed by atoms with Crippen LogP contribution < -0.4 is 0 Å². The minimum Gasteiger partial charge on any atom is -0.335 e. The molecule has 0 heterocycles. The maximum absolute atomic E-state index is 12.1. The molecule has 10 heavy (non-hydrogen) atoms. The van der Waals surface area contributed by atoms with Crippen LogP contribution in [0.25, 0.3) is 0 Å². The van der Waals surface area contributed by atoms with Crippen LogP contribution >= 0.6 is 0 Å². The zero-order chi connectivity index (χ0) is 8.41. The summed E-state index contributed by atoms with van der Waals surface area (Å²) < 4.78 is 35.8. The van der Waals surface area contributed by atoms with Gasteiger partial charge in [0, 0.05) is 6.42 Å². The fourth-order valence-corrected chi connectivity index (χ4v) is 0.473. The van der Waals surface area contributed by atoms with Gasteiger partial charge in [0.1, 0.15) is 0 Å². The van der Waals surface area contributed by atoms with Gasteiger partial charge < -0.3 is 10.2 Å². The number of aliphatic hydroxyl groups is 2. The van der Waals surface area contributed by atoms with Gasteiger partial charge >= 0.3 is 12.0 Å². The maximum atomic E-state index is 12.1. The van der Waals surface area contributed by atoms with Crippen molar-refractivity contribution in [1.29, 1.82) is 0 Å². The highest BCUT2D eigenvalue weighted by atomic mass is 19.3. The lowest BCUT2D eigenvalue weighted by molar-refractivity contribution is -0.368. The van der Waals surface area contributed by atoms with Gasteiger partial charge in [0.25, 0.3) is 0 Å². The lowest BCUT2D eigenvalue weighted by Crippen LogP contribution is -2.43. The Hall–Kier alpha value is -0.290. The largest absolute Gasteiger partial charge is 0.380 e. The van der Waals surface area contributed by atoms with E-state index >= 15 is 0 Å². The predicted octanol–water partition coefficient (Wildman–Crippen LogP) is 1.03. The van der Waals surface area contributed by atoms with Crippen molar-refractivity contribution in [3.8, 4) is 0 Å². The second kappa shape index (κ2) is 2.75. The van der Waals surface area contributed by atoms with Crippen LogP contribution in [0, 0.1) is 0 Å². The number of hydrogen-bond donors (Lipinski definition) is 2. The first kappa shape index (κ1) is 9.71. The van der Waals surface area contributed by atoms with E-state index in [-0.39, 0.29) is 6.42 Å². The number of halogens is 3. The molecule has 0 amide bonds. The molecule has 0 aromatic carbocycles. The molecule has 0 unspecified atom stereocenters. The monoisotopic (exact) mass is 158 g/mol. The van der Waals surface area contributed by atoms with E-state index in [0.717, 1.165) is 0 Å². The molecule has 0 spiro atoms. The molecule has 0 saturated heterocycles. The zero-order valence-electron chi connectivity index (χ0n) is 5.44. The fourth-order valence-electron chi connectivity index (χ4n) is 0.473. The van der Waals surface area contributed by atoms with Gasteiger partial charge in [-0.3, -0.25) is 0 Å². The van der Waals surface area contributed by atoms with Crippen LogP contribution in [0.4, 0.5) is 13.2 Å². The Kier molecular flexibility index (Phi) is 2.67. The fraction of sp³-hybridized carbons (Fsp3) is 1.00. The highest BCUT2D eigenvalue weighted by molar-refractivity contribution is 4.73. The quantitative estimate of drug-likeness (QED) is 0.602. The van der Waals surface area contributed by atoms with Crippen LogP contribution in [0.3, 0.4) is 0 Å². The van der Waals surface area contributed by atoms with Gasteiger partial charge in [-0.1, -0.05) is 13.3 Å². The smallest absolute Gasteiger partial charge is 0.335 e. The first-order chi connectivity index (χ1) is 4.31. The van der Waals surface area contributed by atoms with Crippen LogP contribution in [0.5, 0.6) is 0 Å². The molecule has 0 aromatic rings. The summed E-state index contributed by atoms with van der Waals surface area (Å²) in [6.45, 7) is 1.39. The first-order valence-corrected chi connectivity index (χ1v) is 2.82. The molecule has 0 saturated carbocycles. The van der Waals surface area contributed by atoms with Crippen molar-refractivity contribution in [2.45, 2.75) is 31.7 Å². The molecule has 2 nitrogen and oxygen atoms in total. The summed E-state index contributed by atoms with van der Waals surface area (Å²) >= 11 is 0. The molecular formula is C5H9F3O2. The average molecular weight is 158 g/mol. The van der Waals surface area contributed by atoms with E-state index in [1.165, 1.54) is 6.92 Å². The first-order valence-electron chi connectivity index (χ1n) is 2.82. The van der Waals surface area contributed by atoms with E-state index in [1.807, 2.05) is 0 Å². The number of rotatable bonds is 3. The molecule has 0 fully saturated rings. The molecule has 0 aromatic heterocycles. The molecule has 0 atom stereocenters. The zero-order valence-corrected chi connectivity index (χ0v) is 5.44. The van der Waals surface area contributed by atoms with Crippen molar-refractivity contribution < 1.29 is 23.4 Å². The number of hydrogen-bond acceptors (Lipinski definition) is 2. The standard InChI is InChI=1S/C5H9F3O2/c1-2-3-4(6,7)5(8,9)10/h9-10H,2-3H2,1H3. The molecule has 0 bridgehead atoms. The maximum Gasteiger partial charge on any atom is 0.380 e. The van der Waals surface area contributed by atoms with E-state index in [0.29, 0.717) is 0 Å². The third-order valence-corrected chi connectivity index (χ3v) is 1.03. The number of alkyl halides is 3. The molecule has 0 aliphatic rings.